The Morgan fingerprint density at radius 1 is 1.24 bits per heavy atom. The minimum absolute atomic E-state index is 0.305. The second-order valence-corrected chi connectivity index (χ2v) is 3.93. The van der Waals surface area contributed by atoms with E-state index in [1.54, 1.807) is 30.6 Å². The van der Waals surface area contributed by atoms with Gasteiger partial charge >= 0.3 is 0 Å². The Bertz CT molecular complexity index is 501. The summed E-state index contributed by atoms with van der Waals surface area (Å²) in [4.78, 5) is 7.88. The van der Waals surface area contributed by atoms with Crippen molar-refractivity contribution < 1.29 is 4.39 Å². The van der Waals surface area contributed by atoms with Crippen LogP contribution < -0.4 is 5.73 Å². The Morgan fingerprint density at radius 3 is 2.47 bits per heavy atom. The first kappa shape index (κ1) is 11.7. The first-order valence-corrected chi connectivity index (χ1v) is 5.48. The highest BCUT2D eigenvalue weighted by Gasteiger charge is 2.30. The van der Waals surface area contributed by atoms with E-state index >= 15 is 0 Å². The summed E-state index contributed by atoms with van der Waals surface area (Å²) < 4.78 is 13.8. The van der Waals surface area contributed by atoms with Crippen molar-refractivity contribution in [3.8, 4) is 0 Å². The quantitative estimate of drug-likeness (QED) is 0.881. The lowest BCUT2D eigenvalue weighted by molar-refractivity contribution is 0.476. The Balaban J connectivity index is 2.56. The van der Waals surface area contributed by atoms with Crippen LogP contribution in [0.25, 0.3) is 0 Å². The van der Waals surface area contributed by atoms with Crippen LogP contribution in [-0.2, 0) is 5.54 Å². The number of rotatable bonds is 3. The van der Waals surface area contributed by atoms with Crippen LogP contribution in [0.5, 0.6) is 0 Å². The van der Waals surface area contributed by atoms with Gasteiger partial charge in [0, 0.05) is 23.5 Å². The summed E-state index contributed by atoms with van der Waals surface area (Å²) >= 11 is 0. The zero-order valence-electron chi connectivity index (χ0n) is 9.60. The van der Waals surface area contributed by atoms with E-state index in [0.717, 1.165) is 0 Å². The van der Waals surface area contributed by atoms with Crippen LogP contribution in [-0.4, -0.2) is 9.97 Å². The molecule has 0 bridgehead atoms. The van der Waals surface area contributed by atoms with Gasteiger partial charge in [-0.3, -0.25) is 0 Å². The number of nitrogens with zero attached hydrogens (tertiary/aromatic N) is 2. The molecule has 2 aromatic rings. The van der Waals surface area contributed by atoms with Crippen molar-refractivity contribution >= 4 is 0 Å². The molecule has 0 radical (unpaired) electrons. The maximum Gasteiger partial charge on any atom is 0.128 e. The molecule has 4 heteroatoms. The number of halogens is 1. The van der Waals surface area contributed by atoms with Gasteiger partial charge in [-0.2, -0.15) is 0 Å². The average molecular weight is 231 g/mol. The molecule has 1 aromatic carbocycles. The van der Waals surface area contributed by atoms with Gasteiger partial charge in [0.15, 0.2) is 0 Å². The standard InChI is InChI=1S/C13H14FN3/c1-2-13(15,10-7-16-9-17-8-10)11-5-3-4-6-12(11)14/h3-9H,2,15H2,1H3. The zero-order chi connectivity index (χ0) is 12.3. The number of hydrogen-bond acceptors (Lipinski definition) is 3. The number of benzene rings is 1. The predicted molar refractivity (Wildman–Crippen MR) is 63.7 cm³/mol. The Labute approximate surface area is 99.5 Å². The average Bonchev–Trinajstić information content (AvgIpc) is 2.39. The van der Waals surface area contributed by atoms with E-state index in [4.69, 9.17) is 5.73 Å². The van der Waals surface area contributed by atoms with Crippen molar-refractivity contribution in [3.05, 3.63) is 59.9 Å². The molecule has 1 unspecified atom stereocenters. The van der Waals surface area contributed by atoms with Gasteiger partial charge in [-0.15, -0.1) is 0 Å². The minimum atomic E-state index is -0.882. The van der Waals surface area contributed by atoms with Crippen LogP contribution in [0, 0.1) is 5.82 Å². The van der Waals surface area contributed by atoms with E-state index in [1.807, 2.05) is 6.92 Å². The van der Waals surface area contributed by atoms with Crippen LogP contribution in [0.15, 0.2) is 43.0 Å². The first-order chi connectivity index (χ1) is 8.18. The molecule has 0 aliphatic carbocycles. The van der Waals surface area contributed by atoms with Crippen molar-refractivity contribution in [1.29, 1.82) is 0 Å². The van der Waals surface area contributed by atoms with Crippen molar-refractivity contribution in [2.24, 2.45) is 5.73 Å². The van der Waals surface area contributed by atoms with E-state index < -0.39 is 5.54 Å². The smallest absolute Gasteiger partial charge is 0.128 e. The van der Waals surface area contributed by atoms with Gasteiger partial charge in [-0.25, -0.2) is 14.4 Å². The second-order valence-electron chi connectivity index (χ2n) is 3.93. The Morgan fingerprint density at radius 2 is 1.88 bits per heavy atom. The first-order valence-electron chi connectivity index (χ1n) is 5.48. The molecule has 0 amide bonds. The predicted octanol–water partition coefficient (Wildman–Crippen LogP) is 2.23. The molecule has 1 heterocycles. The van der Waals surface area contributed by atoms with Gasteiger partial charge in [0.05, 0.1) is 5.54 Å². The minimum Gasteiger partial charge on any atom is -0.318 e. The molecular formula is C13H14FN3. The zero-order valence-corrected chi connectivity index (χ0v) is 9.60. The molecule has 1 aromatic heterocycles. The summed E-state index contributed by atoms with van der Waals surface area (Å²) in [6.45, 7) is 1.92. The molecule has 0 aliphatic rings. The lowest BCUT2D eigenvalue weighted by Crippen LogP contribution is -2.38. The van der Waals surface area contributed by atoms with Crippen molar-refractivity contribution in [2.45, 2.75) is 18.9 Å². The molecule has 17 heavy (non-hydrogen) atoms. The molecule has 0 spiro atoms. The fourth-order valence-corrected chi connectivity index (χ4v) is 1.90. The molecule has 3 nitrogen and oxygen atoms in total. The summed E-state index contributed by atoms with van der Waals surface area (Å²) in [6.07, 6.45) is 5.26. The lowest BCUT2D eigenvalue weighted by atomic mass is 9.83. The highest BCUT2D eigenvalue weighted by molar-refractivity contribution is 5.36. The Kier molecular flexibility index (Phi) is 3.15. The molecule has 0 aliphatic heterocycles. The molecule has 2 rings (SSSR count). The van der Waals surface area contributed by atoms with Crippen LogP contribution in [0.3, 0.4) is 0 Å². The summed E-state index contributed by atoms with van der Waals surface area (Å²) in [7, 11) is 0. The maximum atomic E-state index is 13.8. The van der Waals surface area contributed by atoms with E-state index in [1.165, 1.54) is 12.4 Å². The molecule has 0 saturated carbocycles. The van der Waals surface area contributed by atoms with Crippen LogP contribution >= 0.6 is 0 Å². The van der Waals surface area contributed by atoms with E-state index in [9.17, 15) is 4.39 Å². The molecular weight excluding hydrogens is 217 g/mol. The number of hydrogen-bond donors (Lipinski definition) is 1. The third-order valence-electron chi connectivity index (χ3n) is 2.99. The van der Waals surface area contributed by atoms with E-state index in [0.29, 0.717) is 17.5 Å². The van der Waals surface area contributed by atoms with E-state index in [2.05, 4.69) is 9.97 Å². The summed E-state index contributed by atoms with van der Waals surface area (Å²) in [5.41, 5.74) is 6.62. The largest absolute Gasteiger partial charge is 0.318 e. The fraction of sp³-hybridized carbons (Fsp3) is 0.231. The molecule has 2 N–H and O–H groups in total. The van der Waals surface area contributed by atoms with Crippen LogP contribution in [0.2, 0.25) is 0 Å². The fourth-order valence-electron chi connectivity index (χ4n) is 1.90. The SMILES string of the molecule is CCC(N)(c1cncnc1)c1ccccc1F. The normalized spacial score (nSPS) is 14.3. The van der Waals surface area contributed by atoms with Gasteiger partial charge in [-0.05, 0) is 12.5 Å². The molecule has 88 valence electrons. The Hall–Kier alpha value is -1.81. The van der Waals surface area contributed by atoms with Crippen LogP contribution in [0.1, 0.15) is 24.5 Å². The highest BCUT2D eigenvalue weighted by Crippen LogP contribution is 2.30. The summed E-state index contributed by atoms with van der Waals surface area (Å²) in [6, 6.07) is 6.54. The number of nitrogens with two attached hydrogens (primary N) is 1. The topological polar surface area (TPSA) is 51.8 Å². The van der Waals surface area contributed by atoms with Gasteiger partial charge < -0.3 is 5.73 Å². The molecule has 1 atom stereocenters. The third kappa shape index (κ3) is 2.03. The lowest BCUT2D eigenvalue weighted by Gasteiger charge is -2.28. The summed E-state index contributed by atoms with van der Waals surface area (Å²) in [5.74, 6) is -0.305. The number of aromatic nitrogens is 2. The monoisotopic (exact) mass is 231 g/mol. The second kappa shape index (κ2) is 4.59. The van der Waals surface area contributed by atoms with Crippen molar-refractivity contribution in [3.63, 3.8) is 0 Å². The van der Waals surface area contributed by atoms with Crippen LogP contribution in [0.4, 0.5) is 4.39 Å². The maximum absolute atomic E-state index is 13.8. The van der Waals surface area contributed by atoms with E-state index in [-0.39, 0.29) is 5.82 Å². The van der Waals surface area contributed by atoms with Crippen molar-refractivity contribution in [2.75, 3.05) is 0 Å². The summed E-state index contributed by atoms with van der Waals surface area (Å²) in [5, 5.41) is 0. The van der Waals surface area contributed by atoms with Crippen molar-refractivity contribution in [1.82, 2.24) is 9.97 Å². The third-order valence-corrected chi connectivity index (χ3v) is 2.99. The highest BCUT2D eigenvalue weighted by atomic mass is 19.1. The van der Waals surface area contributed by atoms with Gasteiger partial charge in [0.1, 0.15) is 12.1 Å². The molecule has 0 fully saturated rings. The van der Waals surface area contributed by atoms with Gasteiger partial charge in [-0.1, -0.05) is 25.1 Å². The van der Waals surface area contributed by atoms with Gasteiger partial charge in [0.25, 0.3) is 0 Å². The van der Waals surface area contributed by atoms with Gasteiger partial charge in [0.2, 0.25) is 0 Å². The molecule has 0 saturated heterocycles.